The summed E-state index contributed by atoms with van der Waals surface area (Å²) in [4.78, 5) is 14.5. The maximum absolute atomic E-state index is 13.4. The first kappa shape index (κ1) is 12.9. The standard InChI is InChI=1S/C13H9F2NO3/c1-7-5-8(13(17)18)6-16-12(7)19-10-4-2-3-9(14)11(10)15/h2-6H,1H3,(H,17,18). The second-order valence-electron chi connectivity index (χ2n) is 3.81. The third-order valence-electron chi connectivity index (χ3n) is 2.40. The maximum atomic E-state index is 13.4. The number of pyridine rings is 1. The highest BCUT2D eigenvalue weighted by molar-refractivity contribution is 5.87. The number of carbonyl (C=O) groups is 1. The molecule has 2 rings (SSSR count). The van der Waals surface area contributed by atoms with Crippen LogP contribution in [0.15, 0.2) is 30.5 Å². The van der Waals surface area contributed by atoms with Gasteiger partial charge in [-0.1, -0.05) is 6.07 Å². The van der Waals surface area contributed by atoms with Crippen LogP contribution in [0.1, 0.15) is 15.9 Å². The molecule has 4 nitrogen and oxygen atoms in total. The van der Waals surface area contributed by atoms with E-state index in [0.29, 0.717) is 5.56 Å². The largest absolute Gasteiger partial charge is 0.478 e. The molecule has 0 radical (unpaired) electrons. The average molecular weight is 265 g/mol. The van der Waals surface area contributed by atoms with E-state index in [9.17, 15) is 13.6 Å². The third kappa shape index (κ3) is 2.67. The molecule has 6 heteroatoms. The number of rotatable bonds is 3. The van der Waals surface area contributed by atoms with E-state index in [1.54, 1.807) is 6.92 Å². The van der Waals surface area contributed by atoms with Crippen molar-refractivity contribution in [1.29, 1.82) is 0 Å². The van der Waals surface area contributed by atoms with Crippen molar-refractivity contribution in [2.24, 2.45) is 0 Å². The highest BCUT2D eigenvalue weighted by Crippen LogP contribution is 2.26. The van der Waals surface area contributed by atoms with E-state index >= 15 is 0 Å². The Labute approximate surface area is 107 Å². The summed E-state index contributed by atoms with van der Waals surface area (Å²) in [5.74, 6) is -3.56. The molecule has 0 aliphatic rings. The zero-order chi connectivity index (χ0) is 14.0. The predicted molar refractivity (Wildman–Crippen MR) is 62.4 cm³/mol. The minimum Gasteiger partial charge on any atom is -0.478 e. The summed E-state index contributed by atoms with van der Waals surface area (Å²) in [7, 11) is 0. The van der Waals surface area contributed by atoms with Crippen LogP contribution in [0, 0.1) is 18.6 Å². The molecule has 1 aromatic heterocycles. The first-order valence-corrected chi connectivity index (χ1v) is 5.31. The number of aromatic nitrogens is 1. The van der Waals surface area contributed by atoms with Gasteiger partial charge in [0.1, 0.15) is 0 Å². The molecule has 0 aliphatic heterocycles. The normalized spacial score (nSPS) is 10.3. The van der Waals surface area contributed by atoms with E-state index in [1.807, 2.05) is 0 Å². The van der Waals surface area contributed by atoms with E-state index in [0.717, 1.165) is 12.3 Å². The van der Waals surface area contributed by atoms with Gasteiger partial charge in [-0.3, -0.25) is 0 Å². The van der Waals surface area contributed by atoms with Crippen LogP contribution in [-0.2, 0) is 0 Å². The number of carboxylic acids is 1. The molecule has 2 aromatic rings. The number of nitrogens with zero attached hydrogens (tertiary/aromatic N) is 1. The molecule has 0 fully saturated rings. The Kier molecular flexibility index (Phi) is 3.41. The van der Waals surface area contributed by atoms with Gasteiger partial charge in [-0.2, -0.15) is 4.39 Å². The van der Waals surface area contributed by atoms with Crippen molar-refractivity contribution in [3.63, 3.8) is 0 Å². The molecule has 98 valence electrons. The number of hydrogen-bond acceptors (Lipinski definition) is 3. The van der Waals surface area contributed by atoms with Crippen molar-refractivity contribution < 1.29 is 23.4 Å². The second kappa shape index (κ2) is 5.01. The number of benzene rings is 1. The van der Waals surface area contributed by atoms with Crippen molar-refractivity contribution in [1.82, 2.24) is 4.98 Å². The van der Waals surface area contributed by atoms with Crippen LogP contribution < -0.4 is 4.74 Å². The zero-order valence-corrected chi connectivity index (χ0v) is 9.85. The fourth-order valence-corrected chi connectivity index (χ4v) is 1.45. The SMILES string of the molecule is Cc1cc(C(=O)O)cnc1Oc1cccc(F)c1F. The van der Waals surface area contributed by atoms with Gasteiger partial charge in [0.05, 0.1) is 5.56 Å². The molecule has 0 atom stereocenters. The molecule has 19 heavy (non-hydrogen) atoms. The summed E-state index contributed by atoms with van der Waals surface area (Å²) >= 11 is 0. The molecular weight excluding hydrogens is 256 g/mol. The molecule has 0 bridgehead atoms. The summed E-state index contributed by atoms with van der Waals surface area (Å²) in [5, 5.41) is 8.78. The molecule has 0 spiro atoms. The van der Waals surface area contributed by atoms with Gasteiger partial charge in [-0.05, 0) is 25.1 Å². The average Bonchev–Trinajstić information content (AvgIpc) is 2.37. The van der Waals surface area contributed by atoms with E-state index in [2.05, 4.69) is 4.98 Å². The van der Waals surface area contributed by atoms with Gasteiger partial charge in [-0.15, -0.1) is 0 Å². The minimum absolute atomic E-state index is 0.00966. The second-order valence-corrected chi connectivity index (χ2v) is 3.81. The number of aromatic carboxylic acids is 1. The van der Waals surface area contributed by atoms with Gasteiger partial charge in [0.25, 0.3) is 0 Å². The lowest BCUT2D eigenvalue weighted by molar-refractivity contribution is 0.0696. The Balaban J connectivity index is 2.34. The molecule has 1 N–H and O–H groups in total. The van der Waals surface area contributed by atoms with Gasteiger partial charge in [0, 0.05) is 11.8 Å². The van der Waals surface area contributed by atoms with Crippen molar-refractivity contribution >= 4 is 5.97 Å². The fourth-order valence-electron chi connectivity index (χ4n) is 1.45. The summed E-state index contributed by atoms with van der Waals surface area (Å²) < 4.78 is 31.5. The van der Waals surface area contributed by atoms with E-state index in [1.165, 1.54) is 18.2 Å². The zero-order valence-electron chi connectivity index (χ0n) is 9.85. The fraction of sp³-hybridized carbons (Fsp3) is 0.0769. The van der Waals surface area contributed by atoms with Gasteiger partial charge in [-0.25, -0.2) is 14.2 Å². The third-order valence-corrected chi connectivity index (χ3v) is 2.40. The Bertz CT molecular complexity index is 644. The maximum Gasteiger partial charge on any atom is 0.337 e. The Morgan fingerprint density at radius 3 is 2.74 bits per heavy atom. The molecule has 0 saturated heterocycles. The highest BCUT2D eigenvalue weighted by Gasteiger charge is 2.13. The number of carboxylic acid groups (broad SMARTS) is 1. The Morgan fingerprint density at radius 2 is 2.11 bits per heavy atom. The van der Waals surface area contributed by atoms with E-state index in [4.69, 9.17) is 9.84 Å². The molecule has 1 heterocycles. The lowest BCUT2D eigenvalue weighted by atomic mass is 10.2. The van der Waals surface area contributed by atoms with Crippen LogP contribution in [0.3, 0.4) is 0 Å². The van der Waals surface area contributed by atoms with Crippen LogP contribution in [0.25, 0.3) is 0 Å². The van der Waals surface area contributed by atoms with Crippen LogP contribution in [-0.4, -0.2) is 16.1 Å². The summed E-state index contributed by atoms with van der Waals surface area (Å²) in [6, 6.07) is 4.86. The van der Waals surface area contributed by atoms with Crippen LogP contribution in [0.4, 0.5) is 8.78 Å². The van der Waals surface area contributed by atoms with Gasteiger partial charge in [0.2, 0.25) is 11.7 Å². The quantitative estimate of drug-likeness (QED) is 0.926. The van der Waals surface area contributed by atoms with Gasteiger partial charge < -0.3 is 9.84 Å². The number of halogens is 2. The summed E-state index contributed by atoms with van der Waals surface area (Å²) in [6.45, 7) is 1.56. The monoisotopic (exact) mass is 265 g/mol. The summed E-state index contributed by atoms with van der Waals surface area (Å²) in [5.41, 5.74) is 0.396. The lowest BCUT2D eigenvalue weighted by Crippen LogP contribution is -2.00. The molecule has 0 unspecified atom stereocenters. The topological polar surface area (TPSA) is 59.4 Å². The van der Waals surface area contributed by atoms with Crippen LogP contribution in [0.2, 0.25) is 0 Å². The number of aryl methyl sites for hydroxylation is 1. The molecule has 0 aliphatic carbocycles. The molecule has 0 saturated carbocycles. The Hall–Kier alpha value is -2.50. The first-order chi connectivity index (χ1) is 8.99. The van der Waals surface area contributed by atoms with Crippen molar-refractivity contribution in [2.75, 3.05) is 0 Å². The smallest absolute Gasteiger partial charge is 0.337 e. The van der Waals surface area contributed by atoms with Crippen LogP contribution >= 0.6 is 0 Å². The first-order valence-electron chi connectivity index (χ1n) is 5.31. The Morgan fingerprint density at radius 1 is 1.37 bits per heavy atom. The minimum atomic E-state index is -1.13. The number of ether oxygens (including phenoxy) is 1. The predicted octanol–water partition coefficient (Wildman–Crippen LogP) is 3.16. The molecule has 0 amide bonds. The van der Waals surface area contributed by atoms with Gasteiger partial charge >= 0.3 is 5.97 Å². The van der Waals surface area contributed by atoms with Crippen LogP contribution in [0.5, 0.6) is 11.6 Å². The highest BCUT2D eigenvalue weighted by atomic mass is 19.2. The number of hydrogen-bond donors (Lipinski definition) is 1. The van der Waals surface area contributed by atoms with Crippen molar-refractivity contribution in [3.8, 4) is 11.6 Å². The molecular formula is C13H9F2NO3. The summed E-state index contributed by atoms with van der Waals surface area (Å²) in [6.07, 6.45) is 1.09. The van der Waals surface area contributed by atoms with E-state index < -0.39 is 17.6 Å². The van der Waals surface area contributed by atoms with Crippen molar-refractivity contribution in [3.05, 3.63) is 53.2 Å². The van der Waals surface area contributed by atoms with Crippen molar-refractivity contribution in [2.45, 2.75) is 6.92 Å². The van der Waals surface area contributed by atoms with E-state index in [-0.39, 0.29) is 17.2 Å². The van der Waals surface area contributed by atoms with Gasteiger partial charge in [0.15, 0.2) is 11.6 Å². The molecule has 1 aromatic carbocycles. The lowest BCUT2D eigenvalue weighted by Gasteiger charge is -2.08.